The average molecular weight is 464 g/mol. The maximum Gasteiger partial charge on any atom is 0.231 e. The van der Waals surface area contributed by atoms with E-state index >= 15 is 0 Å². The molecule has 0 atom stereocenters. The first kappa shape index (κ1) is 21.1. The van der Waals surface area contributed by atoms with Gasteiger partial charge in [-0.3, -0.25) is 4.79 Å². The molecule has 4 aromatic rings. The summed E-state index contributed by atoms with van der Waals surface area (Å²) in [4.78, 5) is 12.9. The van der Waals surface area contributed by atoms with Gasteiger partial charge in [0.2, 0.25) is 5.78 Å². The number of rotatable bonds is 5. The Morgan fingerprint density at radius 3 is 2.70 bits per heavy atom. The van der Waals surface area contributed by atoms with Gasteiger partial charge in [0, 0.05) is 41.3 Å². The van der Waals surface area contributed by atoms with Gasteiger partial charge in [-0.25, -0.2) is 4.39 Å². The lowest BCUT2D eigenvalue weighted by Gasteiger charge is -2.08. The zero-order chi connectivity index (χ0) is 23.1. The molecule has 166 valence electrons. The molecule has 0 N–H and O–H groups in total. The van der Waals surface area contributed by atoms with Crippen molar-refractivity contribution in [1.82, 2.24) is 4.57 Å². The number of Topliss-reactive ketones (excluding diaryl/α,β-unsaturated/α-hetero) is 1. The van der Waals surface area contributed by atoms with Crippen molar-refractivity contribution >= 4 is 34.4 Å². The van der Waals surface area contributed by atoms with Gasteiger partial charge in [0.05, 0.1) is 17.7 Å². The zero-order valence-electron chi connectivity index (χ0n) is 17.9. The lowest BCUT2D eigenvalue weighted by molar-refractivity contribution is 0.101. The maximum atomic E-state index is 13.2. The average Bonchev–Trinajstić information content (AvgIpc) is 3.28. The van der Waals surface area contributed by atoms with Crippen LogP contribution in [0.25, 0.3) is 17.0 Å². The molecule has 0 aliphatic carbocycles. The molecular weight excluding hydrogens is 445 g/mol. The van der Waals surface area contributed by atoms with E-state index in [1.54, 1.807) is 37.5 Å². The molecule has 0 saturated heterocycles. The van der Waals surface area contributed by atoms with E-state index in [-0.39, 0.29) is 18.1 Å². The quantitative estimate of drug-likeness (QED) is 0.332. The van der Waals surface area contributed by atoms with E-state index in [0.717, 1.165) is 22.2 Å². The highest BCUT2D eigenvalue weighted by molar-refractivity contribution is 6.31. The number of allylic oxidation sites excluding steroid dienone is 1. The third kappa shape index (κ3) is 3.94. The van der Waals surface area contributed by atoms with Crippen LogP contribution in [0.2, 0.25) is 5.02 Å². The molecule has 3 aromatic carbocycles. The van der Waals surface area contributed by atoms with E-state index < -0.39 is 5.82 Å². The first-order chi connectivity index (χ1) is 15.9. The van der Waals surface area contributed by atoms with E-state index in [1.165, 1.54) is 12.1 Å². The third-order valence-electron chi connectivity index (χ3n) is 5.56. The van der Waals surface area contributed by atoms with Crippen LogP contribution in [0.15, 0.2) is 66.6 Å². The van der Waals surface area contributed by atoms with Crippen molar-refractivity contribution in [2.75, 3.05) is 7.11 Å². The van der Waals surface area contributed by atoms with E-state index in [4.69, 9.17) is 25.8 Å². The lowest BCUT2D eigenvalue weighted by Crippen LogP contribution is -1.98. The number of hydrogen-bond acceptors (Lipinski definition) is 4. The highest BCUT2D eigenvalue weighted by Gasteiger charge is 2.28. The number of ether oxygens (including phenoxy) is 3. The molecule has 2 heterocycles. The predicted octanol–water partition coefficient (Wildman–Crippen LogP) is 6.17. The minimum absolute atomic E-state index is 0.159. The highest BCUT2D eigenvalue weighted by atomic mass is 35.5. The summed E-state index contributed by atoms with van der Waals surface area (Å²) in [6.07, 6.45) is 3.68. The van der Waals surface area contributed by atoms with Gasteiger partial charge in [0.25, 0.3) is 0 Å². The second-order valence-corrected chi connectivity index (χ2v) is 8.11. The smallest absolute Gasteiger partial charge is 0.231 e. The summed E-state index contributed by atoms with van der Waals surface area (Å²) in [5, 5.41) is 1.25. The van der Waals surface area contributed by atoms with E-state index in [0.29, 0.717) is 27.6 Å². The van der Waals surface area contributed by atoms with Crippen molar-refractivity contribution in [1.29, 1.82) is 0 Å². The standard InChI is InChI=1S/C26H19ClFNO4/c1-29-13-16(21-11-18(31-2)6-8-23(21)29)9-25-26(30)20-7-5-19(12-24(20)33-25)32-14-15-3-4-17(28)10-22(15)27/h3-13H,14H2,1-2H3/b25-9+. The fourth-order valence-electron chi connectivity index (χ4n) is 3.84. The third-order valence-corrected chi connectivity index (χ3v) is 5.92. The summed E-state index contributed by atoms with van der Waals surface area (Å²) in [5.41, 5.74) is 2.99. The van der Waals surface area contributed by atoms with Crippen molar-refractivity contribution in [3.05, 3.63) is 94.1 Å². The van der Waals surface area contributed by atoms with Gasteiger partial charge in [-0.2, -0.15) is 0 Å². The van der Waals surface area contributed by atoms with Crippen molar-refractivity contribution in [3.8, 4) is 17.2 Å². The summed E-state index contributed by atoms with van der Waals surface area (Å²) >= 11 is 6.06. The molecule has 7 heteroatoms. The topological polar surface area (TPSA) is 49.7 Å². The number of nitrogens with zero attached hydrogens (tertiary/aromatic N) is 1. The fraction of sp³-hybridized carbons (Fsp3) is 0.115. The van der Waals surface area contributed by atoms with Gasteiger partial charge in [0.15, 0.2) is 5.76 Å². The summed E-state index contributed by atoms with van der Waals surface area (Å²) in [7, 11) is 3.56. The van der Waals surface area contributed by atoms with Gasteiger partial charge in [-0.1, -0.05) is 17.7 Å². The number of aromatic nitrogens is 1. The Hall–Kier alpha value is -3.77. The monoisotopic (exact) mass is 463 g/mol. The second kappa shape index (κ2) is 8.30. The normalized spacial score (nSPS) is 13.9. The number of ketones is 1. The largest absolute Gasteiger partial charge is 0.497 e. The Morgan fingerprint density at radius 2 is 1.91 bits per heavy atom. The number of halogens is 2. The van der Waals surface area contributed by atoms with Crippen LogP contribution in [0.4, 0.5) is 4.39 Å². The SMILES string of the molecule is COc1ccc2c(c1)c(/C=C1/Oc3cc(OCc4ccc(F)cc4Cl)ccc3C1=O)cn2C. The Kier molecular flexibility index (Phi) is 5.30. The van der Waals surface area contributed by atoms with Crippen LogP contribution in [0.3, 0.4) is 0 Å². The Morgan fingerprint density at radius 1 is 1.09 bits per heavy atom. The van der Waals surface area contributed by atoms with E-state index in [1.807, 2.05) is 36.0 Å². The van der Waals surface area contributed by atoms with Gasteiger partial charge >= 0.3 is 0 Å². The number of hydrogen-bond donors (Lipinski definition) is 0. The van der Waals surface area contributed by atoms with Crippen LogP contribution in [-0.2, 0) is 13.7 Å². The minimum atomic E-state index is -0.405. The number of carbonyl (C=O) groups excluding carboxylic acids is 1. The van der Waals surface area contributed by atoms with Gasteiger partial charge in [-0.05, 0) is 48.5 Å². The van der Waals surface area contributed by atoms with Crippen molar-refractivity contribution in [2.24, 2.45) is 7.05 Å². The molecule has 0 saturated carbocycles. The summed E-state index contributed by atoms with van der Waals surface area (Å²) in [6, 6.07) is 15.0. The minimum Gasteiger partial charge on any atom is -0.497 e. The summed E-state index contributed by atoms with van der Waals surface area (Å²) < 4.78 is 32.2. The van der Waals surface area contributed by atoms with Crippen molar-refractivity contribution in [3.63, 3.8) is 0 Å². The molecule has 0 amide bonds. The molecule has 1 aromatic heterocycles. The summed E-state index contributed by atoms with van der Waals surface area (Å²) in [5.74, 6) is 1.30. The molecule has 5 nitrogen and oxygen atoms in total. The molecule has 1 aliphatic rings. The molecule has 0 unspecified atom stereocenters. The molecule has 0 bridgehead atoms. The van der Waals surface area contributed by atoms with E-state index in [2.05, 4.69) is 0 Å². The molecule has 0 fully saturated rings. The number of carbonyl (C=O) groups is 1. The van der Waals surface area contributed by atoms with Gasteiger partial charge < -0.3 is 18.8 Å². The van der Waals surface area contributed by atoms with Crippen molar-refractivity contribution < 1.29 is 23.4 Å². The van der Waals surface area contributed by atoms with Gasteiger partial charge in [0.1, 0.15) is 29.7 Å². The Balaban J connectivity index is 1.40. The van der Waals surface area contributed by atoms with Crippen LogP contribution in [0.5, 0.6) is 17.2 Å². The molecule has 0 radical (unpaired) electrons. The fourth-order valence-corrected chi connectivity index (χ4v) is 4.06. The van der Waals surface area contributed by atoms with Crippen molar-refractivity contribution in [2.45, 2.75) is 6.61 Å². The molecule has 5 rings (SSSR count). The molecule has 1 aliphatic heterocycles. The zero-order valence-corrected chi connectivity index (χ0v) is 18.7. The number of aryl methyl sites for hydroxylation is 1. The second-order valence-electron chi connectivity index (χ2n) is 7.70. The van der Waals surface area contributed by atoms with Crippen LogP contribution in [0, 0.1) is 5.82 Å². The lowest BCUT2D eigenvalue weighted by atomic mass is 10.1. The first-order valence-electron chi connectivity index (χ1n) is 10.2. The maximum absolute atomic E-state index is 13.2. The van der Waals surface area contributed by atoms with Gasteiger partial charge in [-0.15, -0.1) is 0 Å². The number of benzene rings is 3. The van der Waals surface area contributed by atoms with Crippen LogP contribution < -0.4 is 14.2 Å². The van der Waals surface area contributed by atoms with Crippen LogP contribution >= 0.6 is 11.6 Å². The predicted molar refractivity (Wildman–Crippen MR) is 125 cm³/mol. The Labute approximate surface area is 194 Å². The van der Waals surface area contributed by atoms with Crippen LogP contribution in [0.1, 0.15) is 21.5 Å². The number of methoxy groups -OCH3 is 1. The number of fused-ring (bicyclic) bond motifs is 2. The first-order valence-corrected chi connectivity index (χ1v) is 10.6. The molecule has 33 heavy (non-hydrogen) atoms. The Bertz CT molecular complexity index is 1440. The van der Waals surface area contributed by atoms with E-state index in [9.17, 15) is 9.18 Å². The molecular formula is C26H19ClFNO4. The van der Waals surface area contributed by atoms with Crippen LogP contribution in [-0.4, -0.2) is 17.5 Å². The molecule has 0 spiro atoms. The highest BCUT2D eigenvalue weighted by Crippen LogP contribution is 2.36. The summed E-state index contributed by atoms with van der Waals surface area (Å²) in [6.45, 7) is 0.159.